The summed E-state index contributed by atoms with van der Waals surface area (Å²) in [7, 11) is 0. The Balaban J connectivity index is 0.000000363. The maximum absolute atomic E-state index is 13.0. The smallest absolute Gasteiger partial charge is 0.232 e. The van der Waals surface area contributed by atoms with E-state index in [1.165, 1.54) is 41.5 Å². The van der Waals surface area contributed by atoms with Crippen molar-refractivity contribution in [1.29, 1.82) is 0 Å². The van der Waals surface area contributed by atoms with Gasteiger partial charge >= 0.3 is 0 Å². The zero-order valence-electron chi connectivity index (χ0n) is 34.6. The summed E-state index contributed by atoms with van der Waals surface area (Å²) in [6.45, 7) is 28.6. The van der Waals surface area contributed by atoms with Gasteiger partial charge in [0.1, 0.15) is 34.1 Å². The van der Waals surface area contributed by atoms with Gasteiger partial charge in [0.05, 0.1) is 21.6 Å². The second kappa shape index (κ2) is 25.3. The Morgan fingerprint density at radius 3 is 1.07 bits per heavy atom. The Morgan fingerprint density at radius 1 is 0.397 bits per heavy atom. The summed E-state index contributed by atoms with van der Waals surface area (Å²) in [4.78, 5) is 2.77. The van der Waals surface area contributed by atoms with Gasteiger partial charge in [-0.1, -0.05) is 152 Å². The van der Waals surface area contributed by atoms with Crippen LogP contribution >= 0.6 is 58.0 Å². The van der Waals surface area contributed by atoms with Gasteiger partial charge in [-0.25, -0.2) is 26.8 Å². The molecule has 11 heteroatoms. The van der Waals surface area contributed by atoms with E-state index in [-0.39, 0.29) is 22.7 Å². The van der Waals surface area contributed by atoms with Crippen molar-refractivity contribution in [2.24, 2.45) is 0 Å². The average Bonchev–Trinajstić information content (AvgIpc) is 3.14. The van der Waals surface area contributed by atoms with Crippen LogP contribution in [0.5, 0.6) is 0 Å². The van der Waals surface area contributed by atoms with Crippen LogP contribution in [0.25, 0.3) is 4.85 Å². The number of aryl methyl sites for hydroxylation is 1. The van der Waals surface area contributed by atoms with E-state index in [1.807, 2.05) is 78.8 Å². The van der Waals surface area contributed by atoms with Gasteiger partial charge in [-0.3, -0.25) is 0 Å². The molecule has 5 aromatic carbocycles. The van der Waals surface area contributed by atoms with Crippen molar-refractivity contribution in [2.75, 3.05) is 0 Å². The predicted molar refractivity (Wildman–Crippen MR) is 238 cm³/mol. The summed E-state index contributed by atoms with van der Waals surface area (Å²) < 4.78 is 64.5. The Morgan fingerprint density at radius 2 is 0.724 bits per heavy atom. The molecule has 0 spiro atoms. The molecule has 1 nitrogen and oxygen atoms in total. The lowest BCUT2D eigenvalue weighted by atomic mass is 10.0. The predicted octanol–water partition coefficient (Wildman–Crippen LogP) is 18.9. The molecule has 0 aromatic heterocycles. The molecule has 0 aliphatic heterocycles. The maximum Gasteiger partial charge on any atom is 0.256 e. The lowest BCUT2D eigenvalue weighted by molar-refractivity contribution is 0.578. The third-order valence-corrected chi connectivity index (χ3v) is 10.4. The van der Waals surface area contributed by atoms with Crippen LogP contribution in [0.15, 0.2) is 78.9 Å². The highest BCUT2D eigenvalue weighted by Crippen LogP contribution is 2.28. The van der Waals surface area contributed by atoms with E-state index in [4.69, 9.17) is 64.6 Å². The highest BCUT2D eigenvalue weighted by molar-refractivity contribution is 6.42. The molecule has 0 atom stereocenters. The SMILES string of the molecule is CC(C)c1cc(F)c(Cl)c(F)c1.CC(C)c1ccc(Cl)c(Cl)c1.CC(C)c1ccc(Cl)c(F)c1.Cc1ccc(C(C)C)cc1Cl.[C-]#[N+]c1c(F)cc(C(C)C)cc1F. The second-order valence-electron chi connectivity index (χ2n) is 14.9. The van der Waals surface area contributed by atoms with Crippen molar-refractivity contribution in [3.05, 3.63) is 178 Å². The summed E-state index contributed by atoms with van der Waals surface area (Å²) in [6, 6.07) is 21.8. The van der Waals surface area contributed by atoms with E-state index in [0.717, 1.165) is 16.1 Å². The van der Waals surface area contributed by atoms with E-state index in [2.05, 4.69) is 44.7 Å². The van der Waals surface area contributed by atoms with Gasteiger partial charge in [0.25, 0.3) is 5.69 Å². The molecule has 0 saturated heterocycles. The molecule has 0 radical (unpaired) electrons. The number of halogens is 10. The summed E-state index contributed by atoms with van der Waals surface area (Å²) in [5.41, 5.74) is 5.32. The normalized spacial score (nSPS) is 10.6. The van der Waals surface area contributed by atoms with Crippen molar-refractivity contribution in [3.8, 4) is 0 Å². The lowest BCUT2D eigenvalue weighted by Gasteiger charge is -2.06. The Hall–Kier alpha value is -3.31. The quantitative estimate of drug-likeness (QED) is 0.0940. The molecular formula is C47H51Cl5F5N. The standard InChI is InChI=1S/C10H13Cl.C10H9F2N.C9H10Cl2.C9H9ClF2.C9H10ClF/c1-7(2)9-5-4-8(3)10(11)6-9;1-6(2)7-4-8(11)10(13-3)9(12)5-7;1-6(2)7-3-4-8(10)9(11)5-7;1-5(2)6-3-7(11)9(10)8(12)4-6;1-6(2)7-3-4-8(10)9(11)5-7/h4-7H,1-3H3;4-6H,1-2H3;3-6H,1-2H3;3-5H,1-2H3;3-6H,1-2H3. The molecule has 314 valence electrons. The number of nitrogens with zero attached hydrogens (tertiary/aromatic N) is 1. The first-order chi connectivity index (χ1) is 26.9. The van der Waals surface area contributed by atoms with Crippen LogP contribution in [0.2, 0.25) is 25.1 Å². The van der Waals surface area contributed by atoms with Gasteiger partial charge in [-0.15, -0.1) is 0 Å². The van der Waals surface area contributed by atoms with Crippen molar-refractivity contribution >= 4 is 63.7 Å². The molecule has 0 heterocycles. The zero-order valence-corrected chi connectivity index (χ0v) is 38.4. The fraction of sp³-hybridized carbons (Fsp3) is 0.340. The van der Waals surface area contributed by atoms with Crippen LogP contribution in [0.3, 0.4) is 0 Å². The van der Waals surface area contributed by atoms with E-state index < -0.39 is 34.0 Å². The molecule has 5 rings (SSSR count). The zero-order chi connectivity index (χ0) is 44.6. The number of hydrogen-bond donors (Lipinski definition) is 0. The first kappa shape index (κ1) is 52.7. The van der Waals surface area contributed by atoms with Gasteiger partial charge in [0, 0.05) is 5.02 Å². The van der Waals surface area contributed by atoms with Crippen LogP contribution in [-0.4, -0.2) is 0 Å². The molecule has 58 heavy (non-hydrogen) atoms. The van der Waals surface area contributed by atoms with Crippen LogP contribution < -0.4 is 0 Å². The minimum Gasteiger partial charge on any atom is -0.232 e. The minimum absolute atomic E-state index is 0.0591. The maximum atomic E-state index is 13.0. The number of hydrogen-bond acceptors (Lipinski definition) is 0. The molecule has 0 aliphatic rings. The first-order valence-electron chi connectivity index (χ1n) is 18.6. The fourth-order valence-corrected chi connectivity index (χ4v) is 5.37. The fourth-order valence-electron chi connectivity index (χ4n) is 4.64. The largest absolute Gasteiger partial charge is 0.256 e. The molecule has 0 saturated carbocycles. The number of rotatable bonds is 5. The third-order valence-electron chi connectivity index (χ3n) is 8.57. The van der Waals surface area contributed by atoms with Gasteiger partial charge in [0.15, 0.2) is 0 Å². The summed E-state index contributed by atoms with van der Waals surface area (Å²) in [5.74, 6) is -1.70. The van der Waals surface area contributed by atoms with Crippen molar-refractivity contribution < 1.29 is 22.0 Å². The van der Waals surface area contributed by atoms with Gasteiger partial charge in [0.2, 0.25) is 0 Å². The molecular weight excluding hydrogens is 851 g/mol. The summed E-state index contributed by atoms with van der Waals surface area (Å²) in [5, 5.41) is 1.89. The van der Waals surface area contributed by atoms with Gasteiger partial charge < -0.3 is 0 Å². The van der Waals surface area contributed by atoms with Crippen LogP contribution in [0.4, 0.5) is 27.6 Å². The Bertz CT molecular complexity index is 1950. The Labute approximate surface area is 367 Å². The van der Waals surface area contributed by atoms with Crippen LogP contribution in [0, 0.1) is 42.6 Å². The van der Waals surface area contributed by atoms with Gasteiger partial charge in [-0.05, 0) is 124 Å². The topological polar surface area (TPSA) is 4.36 Å². The average molecular weight is 902 g/mol. The summed E-state index contributed by atoms with van der Waals surface area (Å²) in [6.07, 6.45) is 0. The van der Waals surface area contributed by atoms with E-state index in [0.29, 0.717) is 38.9 Å². The first-order valence-corrected chi connectivity index (χ1v) is 20.5. The lowest BCUT2D eigenvalue weighted by Crippen LogP contribution is -1.92. The van der Waals surface area contributed by atoms with E-state index in [9.17, 15) is 22.0 Å². The summed E-state index contributed by atoms with van der Waals surface area (Å²) >= 11 is 28.4. The van der Waals surface area contributed by atoms with Crippen molar-refractivity contribution in [3.63, 3.8) is 0 Å². The van der Waals surface area contributed by atoms with E-state index >= 15 is 0 Å². The van der Waals surface area contributed by atoms with E-state index in [1.54, 1.807) is 6.07 Å². The molecule has 5 aromatic rings. The highest BCUT2D eigenvalue weighted by atomic mass is 35.5. The Kier molecular flexibility index (Phi) is 23.0. The molecule has 0 N–H and O–H groups in total. The molecule has 0 fully saturated rings. The molecule has 0 amide bonds. The molecule has 0 unspecified atom stereocenters. The van der Waals surface area contributed by atoms with Gasteiger partial charge in [-0.2, -0.15) is 0 Å². The van der Waals surface area contributed by atoms with Crippen LogP contribution in [-0.2, 0) is 0 Å². The molecule has 0 aliphatic carbocycles. The monoisotopic (exact) mass is 899 g/mol. The molecule has 0 bridgehead atoms. The van der Waals surface area contributed by atoms with Crippen LogP contribution in [0.1, 0.15) is 132 Å². The van der Waals surface area contributed by atoms with Crippen molar-refractivity contribution in [2.45, 2.75) is 106 Å². The second-order valence-corrected chi connectivity index (χ2v) is 16.9. The highest BCUT2D eigenvalue weighted by Gasteiger charge is 2.13. The minimum atomic E-state index is -0.779. The van der Waals surface area contributed by atoms with Crippen molar-refractivity contribution in [1.82, 2.24) is 0 Å². The number of benzene rings is 5. The third kappa shape index (κ3) is 17.5.